The Balaban J connectivity index is 2.09. The second-order valence-electron chi connectivity index (χ2n) is 4.79. The van der Waals surface area contributed by atoms with Crippen LogP contribution in [0.5, 0.6) is 0 Å². The van der Waals surface area contributed by atoms with Crippen molar-refractivity contribution >= 4 is 17.4 Å². The zero-order valence-electron chi connectivity index (χ0n) is 10.2. The Kier molecular flexibility index (Phi) is 3.34. The van der Waals surface area contributed by atoms with Crippen LogP contribution < -0.4 is 0 Å². The number of halogens is 2. The summed E-state index contributed by atoms with van der Waals surface area (Å²) in [5.74, 6) is 0.479. The normalized spacial score (nSPS) is 18.2. The lowest BCUT2D eigenvalue weighted by Crippen LogP contribution is -2.16. The molecule has 0 saturated carbocycles. The van der Waals surface area contributed by atoms with E-state index in [-0.39, 0.29) is 11.7 Å². The molecule has 0 aromatic heterocycles. The first-order chi connectivity index (χ1) is 9.16. The van der Waals surface area contributed by atoms with Gasteiger partial charge in [-0.1, -0.05) is 41.9 Å². The molecule has 96 valence electrons. The smallest absolute Gasteiger partial charge is 0.244 e. The van der Waals surface area contributed by atoms with Gasteiger partial charge in [-0.15, -0.1) is 0 Å². The molecular formula is C16H13Cl2O+. The van der Waals surface area contributed by atoms with Gasteiger partial charge in [-0.05, 0) is 23.6 Å². The van der Waals surface area contributed by atoms with Gasteiger partial charge >= 0.3 is 0 Å². The molecule has 0 saturated heterocycles. The van der Waals surface area contributed by atoms with Gasteiger partial charge < -0.3 is 0 Å². The van der Waals surface area contributed by atoms with E-state index >= 15 is 0 Å². The molecule has 1 atom stereocenters. The van der Waals surface area contributed by atoms with Crippen molar-refractivity contribution in [3.05, 3.63) is 69.2 Å². The first-order valence-electron chi connectivity index (χ1n) is 6.25. The Morgan fingerprint density at radius 3 is 2.74 bits per heavy atom. The van der Waals surface area contributed by atoms with Crippen LogP contribution >= 0.6 is 11.6 Å². The molecule has 0 unspecified atom stereocenters. The first-order valence-corrected chi connectivity index (χ1v) is 7.04. The minimum Gasteiger partial charge on any atom is -0.294 e. The summed E-state index contributed by atoms with van der Waals surface area (Å²) in [6, 6.07) is 13.7. The number of hydrogen-bond acceptors (Lipinski definition) is 1. The van der Waals surface area contributed by atoms with Gasteiger partial charge in [-0.2, -0.15) is 0 Å². The average molecular weight is 292 g/mol. The van der Waals surface area contributed by atoms with Crippen LogP contribution in [0, 0.1) is 11.6 Å². The van der Waals surface area contributed by atoms with Crippen molar-refractivity contribution in [2.75, 3.05) is 0 Å². The fourth-order valence-corrected chi connectivity index (χ4v) is 3.03. The lowest BCUT2D eigenvalue weighted by atomic mass is 9.78. The van der Waals surface area contributed by atoms with Gasteiger partial charge in [-0.25, -0.2) is 0 Å². The molecule has 0 heterocycles. The predicted molar refractivity (Wildman–Crippen MR) is 73.9 cm³/mol. The van der Waals surface area contributed by atoms with E-state index < -0.39 is 0 Å². The fraction of sp³-hybridized carbons (Fsp3) is 0.188. The van der Waals surface area contributed by atoms with Gasteiger partial charge in [0.25, 0.3) is 0 Å². The summed E-state index contributed by atoms with van der Waals surface area (Å²) in [7, 11) is 0. The molecule has 0 amide bonds. The van der Waals surface area contributed by atoms with Crippen molar-refractivity contribution in [3.63, 3.8) is 0 Å². The van der Waals surface area contributed by atoms with Crippen molar-refractivity contribution in [1.82, 2.24) is 0 Å². The maximum Gasteiger partial charge on any atom is 0.244 e. The molecule has 0 bridgehead atoms. The summed E-state index contributed by atoms with van der Waals surface area (Å²) in [5.41, 5.74) is 3.10. The van der Waals surface area contributed by atoms with Gasteiger partial charge in [0.2, 0.25) is 5.02 Å². The maximum absolute atomic E-state index is 11.9. The zero-order chi connectivity index (χ0) is 13.4. The monoisotopic (exact) mass is 291 g/mol. The highest BCUT2D eigenvalue weighted by Gasteiger charge is 2.27. The van der Waals surface area contributed by atoms with Crippen LogP contribution in [0.25, 0.3) is 0 Å². The third-order valence-electron chi connectivity index (χ3n) is 3.65. The third-order valence-corrected chi connectivity index (χ3v) is 4.43. The molecule has 3 heteroatoms. The third kappa shape index (κ3) is 2.29. The molecule has 3 rings (SSSR count). The average Bonchev–Trinajstić information content (AvgIpc) is 2.43. The van der Waals surface area contributed by atoms with Gasteiger partial charge in [0.1, 0.15) is 5.02 Å². The lowest BCUT2D eigenvalue weighted by Gasteiger charge is -2.24. The molecule has 1 nitrogen and oxygen atoms in total. The van der Waals surface area contributed by atoms with E-state index in [9.17, 15) is 4.79 Å². The van der Waals surface area contributed by atoms with Crippen LogP contribution in [0.1, 0.15) is 40.2 Å². The molecule has 2 aromatic rings. The zero-order valence-corrected chi connectivity index (χ0v) is 11.8. The Morgan fingerprint density at radius 1 is 1.16 bits per heavy atom. The summed E-state index contributed by atoms with van der Waals surface area (Å²) >= 11 is 11.2. The minimum absolute atomic E-state index is 0.236. The summed E-state index contributed by atoms with van der Waals surface area (Å²) in [5, 5.41) is 1.28. The largest absolute Gasteiger partial charge is 0.294 e. The van der Waals surface area contributed by atoms with Crippen LogP contribution in [-0.2, 0) is 0 Å². The number of ketones is 1. The number of carbonyl (C=O) groups is 1. The number of hydrogen-bond donors (Lipinski definition) is 0. The van der Waals surface area contributed by atoms with Crippen molar-refractivity contribution in [2.24, 2.45) is 0 Å². The summed E-state index contributed by atoms with van der Waals surface area (Å²) in [4.78, 5) is 11.9. The molecule has 0 radical (unpaired) electrons. The Morgan fingerprint density at radius 2 is 1.95 bits per heavy atom. The predicted octanol–water partition coefficient (Wildman–Crippen LogP) is 4.14. The SMILES string of the molecule is O=C1CC[C@@H](c2ccc(Cl)c([ClH+])c2)c2ccccc21. The lowest BCUT2D eigenvalue weighted by molar-refractivity contribution is -0.288. The van der Waals surface area contributed by atoms with Crippen molar-refractivity contribution in [2.45, 2.75) is 18.8 Å². The molecular weight excluding hydrogens is 279 g/mol. The molecule has 19 heavy (non-hydrogen) atoms. The number of benzene rings is 2. The van der Waals surface area contributed by atoms with E-state index in [0.29, 0.717) is 16.5 Å². The summed E-state index contributed by atoms with van der Waals surface area (Å²) < 4.78 is 0. The summed E-state index contributed by atoms with van der Waals surface area (Å²) in [6.45, 7) is 0. The van der Waals surface area contributed by atoms with E-state index in [2.05, 4.69) is 0 Å². The molecule has 0 fully saturated rings. The van der Waals surface area contributed by atoms with E-state index in [1.54, 1.807) is 0 Å². The van der Waals surface area contributed by atoms with Crippen LogP contribution in [0.2, 0.25) is 10.0 Å². The highest BCUT2D eigenvalue weighted by molar-refractivity contribution is 6.31. The van der Waals surface area contributed by atoms with Gasteiger partial charge in [-0.3, -0.25) is 4.79 Å². The van der Waals surface area contributed by atoms with Crippen LogP contribution in [0.4, 0.5) is 0 Å². The van der Waals surface area contributed by atoms with Gasteiger partial charge in [0.15, 0.2) is 17.4 Å². The Bertz CT molecular complexity index is 649. The minimum atomic E-state index is 0.236. The van der Waals surface area contributed by atoms with Crippen molar-refractivity contribution < 1.29 is 16.4 Å². The van der Waals surface area contributed by atoms with Gasteiger partial charge in [0, 0.05) is 24.0 Å². The number of rotatable bonds is 1. The molecule has 0 spiro atoms. The highest BCUT2D eigenvalue weighted by atomic mass is 35.5. The first kappa shape index (κ1) is 12.7. The van der Waals surface area contributed by atoms with Crippen LogP contribution in [-0.4, -0.2) is 5.78 Å². The highest BCUT2D eigenvalue weighted by Crippen LogP contribution is 2.37. The van der Waals surface area contributed by atoms with Gasteiger partial charge in [0.05, 0.1) is 0 Å². The maximum atomic E-state index is 11.9. The molecule has 0 N–H and O–H groups in total. The van der Waals surface area contributed by atoms with E-state index in [0.717, 1.165) is 23.1 Å². The van der Waals surface area contributed by atoms with Crippen molar-refractivity contribution in [3.8, 4) is 0 Å². The number of Topliss-reactive ketones (excluding diaryl/α,β-unsaturated/α-hetero) is 1. The molecule has 1 aliphatic carbocycles. The number of fused-ring (bicyclic) bond motifs is 1. The van der Waals surface area contributed by atoms with Crippen molar-refractivity contribution in [1.29, 1.82) is 0 Å². The standard InChI is InChI=1S/C16H13Cl2O/c17-14-7-5-10(9-15(14)18)11-6-8-16(19)13-4-2-1-3-12(11)13/h1-5,7,9,11,18H,6,8H2/q+1/t11-/m0/s1. The fourth-order valence-electron chi connectivity index (χ4n) is 2.70. The molecule has 1 aliphatic rings. The molecule has 2 aromatic carbocycles. The van der Waals surface area contributed by atoms with E-state index in [1.165, 1.54) is 0 Å². The number of carbonyl (C=O) groups excluding carboxylic acids is 1. The van der Waals surface area contributed by atoms with Crippen LogP contribution in [0.3, 0.4) is 0 Å². The quantitative estimate of drug-likeness (QED) is 0.772. The Labute approximate surface area is 122 Å². The second kappa shape index (κ2) is 4.99. The second-order valence-corrected chi connectivity index (χ2v) is 5.64. The Hall–Kier alpha value is -1.31. The van der Waals surface area contributed by atoms with E-state index in [4.69, 9.17) is 23.2 Å². The topological polar surface area (TPSA) is 17.1 Å². The van der Waals surface area contributed by atoms with Crippen LogP contribution in [0.15, 0.2) is 42.5 Å². The molecule has 0 aliphatic heterocycles. The van der Waals surface area contributed by atoms with E-state index in [1.807, 2.05) is 42.5 Å². The summed E-state index contributed by atoms with van der Waals surface area (Å²) in [6.07, 6.45) is 1.43.